The molecule has 4 nitrogen and oxygen atoms in total. The Bertz CT molecular complexity index is 591. The number of benzene rings is 1. The number of nitrogens with two attached hydrogens (primary N) is 1. The van der Waals surface area contributed by atoms with Gasteiger partial charge in [0.05, 0.1) is 5.52 Å². The number of hydrogen-bond donors (Lipinski definition) is 3. The summed E-state index contributed by atoms with van der Waals surface area (Å²) in [6.45, 7) is 2.73. The first kappa shape index (κ1) is 16.2. The minimum Gasteiger partial charge on any atom is -0.396 e. The molecule has 4 N–H and O–H groups in total. The molecule has 0 fully saturated rings. The Hall–Kier alpha value is -1.20. The van der Waals surface area contributed by atoms with Crippen LogP contribution in [-0.4, -0.2) is 29.3 Å². The number of nitrogens with zero attached hydrogens (tertiary/aromatic N) is 1. The van der Waals surface area contributed by atoms with Gasteiger partial charge in [-0.15, -0.1) is 0 Å². The van der Waals surface area contributed by atoms with E-state index >= 15 is 0 Å². The maximum Gasteiger partial charge on any atom is 0.0765 e. The van der Waals surface area contributed by atoms with Crippen molar-refractivity contribution in [2.24, 2.45) is 5.73 Å². The van der Waals surface area contributed by atoms with Gasteiger partial charge in [-0.1, -0.05) is 24.6 Å². The molecule has 0 amide bonds. The van der Waals surface area contributed by atoms with Gasteiger partial charge in [0, 0.05) is 41.8 Å². The highest BCUT2D eigenvalue weighted by molar-refractivity contribution is 6.35. The van der Waals surface area contributed by atoms with Gasteiger partial charge in [-0.25, -0.2) is 0 Å². The van der Waals surface area contributed by atoms with Crippen molar-refractivity contribution in [3.05, 3.63) is 41.0 Å². The fourth-order valence-electron chi connectivity index (χ4n) is 2.57. The lowest BCUT2D eigenvalue weighted by Crippen LogP contribution is -2.37. The Morgan fingerprint density at radius 3 is 2.86 bits per heavy atom. The predicted octanol–water partition coefficient (Wildman–Crippen LogP) is 2.64. The zero-order valence-corrected chi connectivity index (χ0v) is 13.0. The minimum atomic E-state index is -0.00355. The predicted molar refractivity (Wildman–Crippen MR) is 87.5 cm³/mol. The van der Waals surface area contributed by atoms with Gasteiger partial charge in [-0.3, -0.25) is 4.98 Å². The number of nitrogens with one attached hydrogen (secondary N) is 1. The molecule has 0 bridgehead atoms. The topological polar surface area (TPSA) is 71.2 Å². The first-order chi connectivity index (χ1) is 10.2. The van der Waals surface area contributed by atoms with E-state index in [-0.39, 0.29) is 18.7 Å². The number of aromatic nitrogens is 1. The smallest absolute Gasteiger partial charge is 0.0765 e. The van der Waals surface area contributed by atoms with Crippen molar-refractivity contribution in [3.63, 3.8) is 0 Å². The molecular weight excluding hydrogens is 286 g/mol. The fraction of sp³-hybridized carbons (Fsp3) is 0.438. The van der Waals surface area contributed by atoms with Crippen molar-refractivity contribution in [1.29, 1.82) is 0 Å². The molecule has 2 unspecified atom stereocenters. The molecule has 1 aromatic carbocycles. The Kier molecular flexibility index (Phi) is 5.94. The van der Waals surface area contributed by atoms with Crippen LogP contribution in [0.1, 0.15) is 31.4 Å². The van der Waals surface area contributed by atoms with E-state index in [1.807, 2.05) is 24.3 Å². The van der Waals surface area contributed by atoms with Crippen LogP contribution in [0, 0.1) is 0 Å². The van der Waals surface area contributed by atoms with Crippen molar-refractivity contribution in [2.75, 3.05) is 13.2 Å². The van der Waals surface area contributed by atoms with Crippen LogP contribution >= 0.6 is 11.6 Å². The molecule has 0 spiro atoms. The molecule has 2 atom stereocenters. The number of hydrogen-bond acceptors (Lipinski definition) is 4. The van der Waals surface area contributed by atoms with Crippen LogP contribution in [0.5, 0.6) is 0 Å². The Balaban J connectivity index is 2.36. The lowest BCUT2D eigenvalue weighted by Gasteiger charge is -2.25. The molecule has 0 saturated heterocycles. The molecule has 0 aliphatic rings. The Morgan fingerprint density at radius 1 is 1.38 bits per heavy atom. The highest BCUT2D eigenvalue weighted by Crippen LogP contribution is 2.28. The van der Waals surface area contributed by atoms with E-state index in [4.69, 9.17) is 22.4 Å². The molecule has 0 aliphatic carbocycles. The van der Waals surface area contributed by atoms with E-state index in [2.05, 4.69) is 17.2 Å². The van der Waals surface area contributed by atoms with Gasteiger partial charge in [-0.2, -0.15) is 0 Å². The molecule has 1 heterocycles. The van der Waals surface area contributed by atoms with Crippen molar-refractivity contribution in [3.8, 4) is 0 Å². The van der Waals surface area contributed by atoms with E-state index in [0.29, 0.717) is 18.0 Å². The summed E-state index contributed by atoms with van der Waals surface area (Å²) >= 11 is 6.23. The first-order valence-corrected chi connectivity index (χ1v) is 7.69. The number of aliphatic hydroxyl groups excluding tert-OH is 1. The highest BCUT2D eigenvalue weighted by atomic mass is 35.5. The van der Waals surface area contributed by atoms with Gasteiger partial charge in [0.15, 0.2) is 0 Å². The second-order valence-electron chi connectivity index (χ2n) is 5.11. The molecule has 21 heavy (non-hydrogen) atoms. The number of pyridine rings is 1. The van der Waals surface area contributed by atoms with E-state index in [9.17, 15) is 0 Å². The average molecular weight is 308 g/mol. The third-order valence-electron chi connectivity index (χ3n) is 3.77. The van der Waals surface area contributed by atoms with E-state index in [1.54, 1.807) is 6.20 Å². The second kappa shape index (κ2) is 7.71. The summed E-state index contributed by atoms with van der Waals surface area (Å²) in [6, 6.07) is 7.94. The molecule has 2 rings (SSSR count). The van der Waals surface area contributed by atoms with E-state index in [0.717, 1.165) is 22.9 Å². The van der Waals surface area contributed by atoms with Crippen LogP contribution in [0.4, 0.5) is 0 Å². The molecule has 114 valence electrons. The maximum absolute atomic E-state index is 9.13. The van der Waals surface area contributed by atoms with Gasteiger partial charge in [0.2, 0.25) is 0 Å². The maximum atomic E-state index is 9.13. The van der Waals surface area contributed by atoms with Crippen molar-refractivity contribution >= 4 is 22.5 Å². The number of halogens is 1. The summed E-state index contributed by atoms with van der Waals surface area (Å²) in [4.78, 5) is 4.46. The Labute approximate surface area is 130 Å². The highest BCUT2D eigenvalue weighted by Gasteiger charge is 2.18. The zero-order chi connectivity index (χ0) is 15.2. The van der Waals surface area contributed by atoms with Gasteiger partial charge >= 0.3 is 0 Å². The van der Waals surface area contributed by atoms with Crippen molar-refractivity contribution in [2.45, 2.75) is 31.8 Å². The van der Waals surface area contributed by atoms with Gasteiger partial charge in [0.1, 0.15) is 0 Å². The van der Waals surface area contributed by atoms with Crippen molar-refractivity contribution in [1.82, 2.24) is 10.3 Å². The molecule has 0 aliphatic heterocycles. The monoisotopic (exact) mass is 307 g/mol. The molecule has 0 saturated carbocycles. The second-order valence-corrected chi connectivity index (χ2v) is 5.52. The van der Waals surface area contributed by atoms with Crippen LogP contribution < -0.4 is 11.1 Å². The zero-order valence-electron chi connectivity index (χ0n) is 12.2. The first-order valence-electron chi connectivity index (χ1n) is 7.31. The normalized spacial score (nSPS) is 14.3. The summed E-state index contributed by atoms with van der Waals surface area (Å²) in [7, 11) is 0. The molecular formula is C16H22ClN3O. The Morgan fingerprint density at radius 2 is 2.19 bits per heavy atom. The third kappa shape index (κ3) is 3.71. The number of rotatable bonds is 7. The number of fused-ring (bicyclic) bond motifs is 1. The molecule has 0 radical (unpaired) electrons. The number of aliphatic hydroxyl groups is 1. The lowest BCUT2D eigenvalue weighted by molar-refractivity contribution is 0.256. The summed E-state index contributed by atoms with van der Waals surface area (Å²) in [5.41, 5.74) is 7.88. The van der Waals surface area contributed by atoms with Gasteiger partial charge < -0.3 is 16.2 Å². The van der Waals surface area contributed by atoms with Crippen LogP contribution in [0.3, 0.4) is 0 Å². The van der Waals surface area contributed by atoms with E-state index < -0.39 is 0 Å². The molecule has 5 heteroatoms. The quantitative estimate of drug-likeness (QED) is 0.735. The summed E-state index contributed by atoms with van der Waals surface area (Å²) in [5.74, 6) is 0. The van der Waals surface area contributed by atoms with E-state index in [1.165, 1.54) is 0 Å². The SMILES string of the molecule is CCC(CCO)NC(CN)c1ccc(Cl)c2cccnc12. The average Bonchev–Trinajstić information content (AvgIpc) is 2.52. The largest absolute Gasteiger partial charge is 0.396 e. The third-order valence-corrected chi connectivity index (χ3v) is 4.10. The standard InChI is InChI=1S/C16H22ClN3O/c1-2-11(7-9-21)20-15(10-18)13-5-6-14(17)12-4-3-8-19-16(12)13/h3-6,8,11,15,20-21H,2,7,9-10,18H2,1H3. The summed E-state index contributed by atoms with van der Waals surface area (Å²) < 4.78 is 0. The molecule has 2 aromatic rings. The minimum absolute atomic E-state index is 0.00355. The molecule has 1 aromatic heterocycles. The van der Waals surface area contributed by atoms with Gasteiger partial charge in [-0.05, 0) is 36.6 Å². The van der Waals surface area contributed by atoms with Crippen molar-refractivity contribution < 1.29 is 5.11 Å². The van der Waals surface area contributed by atoms with Gasteiger partial charge in [0.25, 0.3) is 0 Å². The summed E-state index contributed by atoms with van der Waals surface area (Å²) in [6.07, 6.45) is 3.42. The van der Waals surface area contributed by atoms with Crippen LogP contribution in [0.15, 0.2) is 30.5 Å². The fourth-order valence-corrected chi connectivity index (χ4v) is 2.79. The van der Waals surface area contributed by atoms with Crippen LogP contribution in [0.2, 0.25) is 5.02 Å². The van der Waals surface area contributed by atoms with Crippen LogP contribution in [-0.2, 0) is 0 Å². The van der Waals surface area contributed by atoms with Crippen LogP contribution in [0.25, 0.3) is 10.9 Å². The lowest BCUT2D eigenvalue weighted by atomic mass is 10.0. The summed E-state index contributed by atoms with van der Waals surface area (Å²) in [5, 5.41) is 14.3.